The molecule has 0 spiro atoms. The van der Waals surface area contributed by atoms with E-state index in [1.807, 2.05) is 0 Å². The Morgan fingerprint density at radius 3 is 1.66 bits per heavy atom. The van der Waals surface area contributed by atoms with Gasteiger partial charge < -0.3 is 24.8 Å². The second kappa shape index (κ2) is 14.1. The van der Waals surface area contributed by atoms with Gasteiger partial charge in [-0.2, -0.15) is 35.4 Å². The molecule has 6 aromatic carbocycles. The van der Waals surface area contributed by atoms with Gasteiger partial charge in [-0.3, -0.25) is 0 Å². The van der Waals surface area contributed by atoms with Gasteiger partial charge in [0.2, 0.25) is 0 Å². The fraction of sp³-hybridized carbons (Fsp3) is 0.143. The predicted octanol–water partition coefficient (Wildman–Crippen LogP) is 3.41. The van der Waals surface area contributed by atoms with E-state index in [4.69, 9.17) is 0 Å². The molecule has 192 valence electrons. The van der Waals surface area contributed by atoms with Gasteiger partial charge in [0.15, 0.2) is 0 Å². The zero-order valence-electron chi connectivity index (χ0n) is 22.3. The van der Waals surface area contributed by atoms with Gasteiger partial charge in [-0.25, -0.2) is 0 Å². The summed E-state index contributed by atoms with van der Waals surface area (Å²) < 4.78 is 0. The first kappa shape index (κ1) is 31.8. The van der Waals surface area contributed by atoms with Crippen LogP contribution in [0.2, 0.25) is 0 Å². The number of aryl methyl sites for hydroxylation is 4. The Morgan fingerprint density at radius 1 is 0.605 bits per heavy atom. The second-order valence-corrected chi connectivity index (χ2v) is 9.63. The Balaban J connectivity index is 0.000000198. The van der Waals surface area contributed by atoms with Crippen molar-refractivity contribution in [3.63, 3.8) is 0 Å². The molecular weight excluding hydrogens is 583 g/mol. The average molecular weight is 614 g/mol. The zero-order chi connectivity index (χ0) is 24.4. The maximum Gasteiger partial charge on any atom is 2.00 e. The van der Waals surface area contributed by atoms with E-state index in [1.165, 1.54) is 66.1 Å². The average Bonchev–Trinajstić information content (AvgIpc) is 3.53. The van der Waals surface area contributed by atoms with Crippen LogP contribution in [-0.4, -0.2) is 0 Å². The molecular formula is C35H31Cl2Zr-3. The summed E-state index contributed by atoms with van der Waals surface area (Å²) >= 11 is 0. The van der Waals surface area contributed by atoms with Crippen LogP contribution < -0.4 is 24.8 Å². The maximum absolute atomic E-state index is 3.50. The Bertz CT molecular complexity index is 1480. The van der Waals surface area contributed by atoms with Gasteiger partial charge in [0, 0.05) is 0 Å². The van der Waals surface area contributed by atoms with E-state index in [0.717, 1.165) is 6.42 Å². The Labute approximate surface area is 258 Å². The summed E-state index contributed by atoms with van der Waals surface area (Å²) in [5.41, 5.74) is 10.9. The van der Waals surface area contributed by atoms with E-state index in [-0.39, 0.29) is 51.0 Å². The van der Waals surface area contributed by atoms with Gasteiger partial charge in [0.05, 0.1) is 0 Å². The minimum Gasteiger partial charge on any atom is -1.00 e. The van der Waals surface area contributed by atoms with Crippen LogP contribution >= 0.6 is 0 Å². The van der Waals surface area contributed by atoms with Crippen LogP contribution in [0.15, 0.2) is 103 Å². The maximum atomic E-state index is 3.50. The second-order valence-electron chi connectivity index (χ2n) is 9.63. The molecule has 0 saturated heterocycles. The van der Waals surface area contributed by atoms with Gasteiger partial charge in [0.1, 0.15) is 0 Å². The van der Waals surface area contributed by atoms with E-state index in [0.29, 0.717) is 0 Å². The molecule has 1 aliphatic carbocycles. The Hall–Kier alpha value is -2.44. The van der Waals surface area contributed by atoms with Crippen molar-refractivity contribution in [1.29, 1.82) is 0 Å². The van der Waals surface area contributed by atoms with E-state index in [9.17, 15) is 0 Å². The summed E-state index contributed by atoms with van der Waals surface area (Å²) in [5.74, 6) is 0. The van der Waals surface area contributed by atoms with E-state index < -0.39 is 0 Å². The smallest absolute Gasteiger partial charge is 1.00 e. The molecule has 0 fully saturated rings. The van der Waals surface area contributed by atoms with Crippen molar-refractivity contribution in [3.8, 4) is 11.1 Å². The molecule has 1 aliphatic rings. The van der Waals surface area contributed by atoms with Crippen molar-refractivity contribution < 1.29 is 51.0 Å². The fourth-order valence-corrected chi connectivity index (χ4v) is 4.92. The summed E-state index contributed by atoms with van der Waals surface area (Å²) in [6.45, 7) is 8.55. The molecule has 0 aliphatic heterocycles. The molecule has 0 radical (unpaired) electrons. The molecule has 0 nitrogen and oxygen atoms in total. The van der Waals surface area contributed by atoms with Gasteiger partial charge in [-0.05, 0) is 6.42 Å². The summed E-state index contributed by atoms with van der Waals surface area (Å²) in [5, 5.41) is 5.39. The Kier molecular flexibility index (Phi) is 11.8. The van der Waals surface area contributed by atoms with Crippen LogP contribution in [0.1, 0.15) is 33.4 Å². The first-order chi connectivity index (χ1) is 17.0. The first-order valence-corrected chi connectivity index (χ1v) is 12.3. The number of rotatable bonds is 0. The van der Waals surface area contributed by atoms with Crippen LogP contribution in [0.5, 0.6) is 0 Å². The number of hydrogen-bond donors (Lipinski definition) is 0. The van der Waals surface area contributed by atoms with Gasteiger partial charge in [-0.1, -0.05) is 75.2 Å². The molecule has 0 unspecified atom stereocenters. The normalized spacial score (nSPS) is 10.4. The SMILES string of the molecule is Cc1[c-]c2c(cc1C)-c1ccccc1C2.Cc1cc2ccccc2[cH-]1.Cc1cc2ccccc2[cH-]1.[Cl-].[Cl-].[Zr+2]. The van der Waals surface area contributed by atoms with Crippen molar-refractivity contribution in [2.24, 2.45) is 0 Å². The van der Waals surface area contributed by atoms with Crippen molar-refractivity contribution in [3.05, 3.63) is 143 Å². The van der Waals surface area contributed by atoms with E-state index >= 15 is 0 Å². The summed E-state index contributed by atoms with van der Waals surface area (Å²) in [6.07, 6.45) is 1.05. The molecule has 0 amide bonds. The number of halogens is 2. The van der Waals surface area contributed by atoms with Crippen LogP contribution in [-0.2, 0) is 32.6 Å². The molecule has 38 heavy (non-hydrogen) atoms. The van der Waals surface area contributed by atoms with Crippen LogP contribution in [0.4, 0.5) is 0 Å². The van der Waals surface area contributed by atoms with Crippen LogP contribution in [0.25, 0.3) is 32.7 Å². The van der Waals surface area contributed by atoms with Gasteiger partial charge in [0.25, 0.3) is 0 Å². The predicted molar refractivity (Wildman–Crippen MR) is 152 cm³/mol. The van der Waals surface area contributed by atoms with Crippen LogP contribution in [0.3, 0.4) is 0 Å². The minimum absolute atomic E-state index is 0. The molecule has 0 bridgehead atoms. The molecule has 0 atom stereocenters. The van der Waals surface area contributed by atoms with E-state index in [2.05, 4.69) is 137 Å². The Morgan fingerprint density at radius 2 is 1.11 bits per heavy atom. The molecule has 3 heteroatoms. The topological polar surface area (TPSA) is 0 Å². The minimum atomic E-state index is 0. The third kappa shape index (κ3) is 7.15. The molecule has 0 N–H and O–H groups in total. The van der Waals surface area contributed by atoms with Gasteiger partial charge >= 0.3 is 26.2 Å². The van der Waals surface area contributed by atoms with Crippen molar-refractivity contribution in [2.75, 3.05) is 0 Å². The van der Waals surface area contributed by atoms with Crippen molar-refractivity contribution in [1.82, 2.24) is 0 Å². The molecule has 0 aromatic heterocycles. The van der Waals surface area contributed by atoms with Crippen molar-refractivity contribution >= 4 is 21.5 Å². The number of fused-ring (bicyclic) bond motifs is 5. The molecule has 0 heterocycles. The summed E-state index contributed by atoms with van der Waals surface area (Å²) in [4.78, 5) is 0. The zero-order valence-corrected chi connectivity index (χ0v) is 26.2. The largest absolute Gasteiger partial charge is 2.00 e. The number of hydrogen-bond acceptors (Lipinski definition) is 0. The van der Waals surface area contributed by atoms with E-state index in [1.54, 1.807) is 0 Å². The standard InChI is InChI=1S/C15H13.2C10H9.2ClH.Zr/c1-10-7-13-9-12-5-3-4-6-14(12)15(13)8-11(10)2;2*1-8-6-9-4-2-3-5-10(9)7-8;;;/h3-6,8H,9H2,1-2H3;2*2-7H,1H3;2*1H;/q3*-1;;;+2/p-2. The third-order valence-electron chi connectivity index (χ3n) is 6.82. The molecule has 0 saturated carbocycles. The quantitative estimate of drug-likeness (QED) is 0.230. The monoisotopic (exact) mass is 611 g/mol. The molecule has 6 aromatic rings. The molecule has 7 rings (SSSR count). The first-order valence-electron chi connectivity index (χ1n) is 12.3. The van der Waals surface area contributed by atoms with Gasteiger partial charge in [-0.15, -0.1) is 92.3 Å². The van der Waals surface area contributed by atoms with Crippen LogP contribution in [0, 0.1) is 33.8 Å². The van der Waals surface area contributed by atoms with Crippen molar-refractivity contribution in [2.45, 2.75) is 34.1 Å². The fourth-order valence-electron chi connectivity index (χ4n) is 4.92. The third-order valence-corrected chi connectivity index (χ3v) is 6.82. The summed E-state index contributed by atoms with van der Waals surface area (Å²) in [7, 11) is 0. The number of benzene rings is 4. The summed E-state index contributed by atoms with van der Waals surface area (Å²) in [6, 6.07) is 40.1.